The van der Waals surface area contributed by atoms with Gasteiger partial charge in [-0.1, -0.05) is 47.0 Å². The van der Waals surface area contributed by atoms with E-state index in [0.29, 0.717) is 16.6 Å². The lowest BCUT2D eigenvalue weighted by atomic mass is 10.1. The van der Waals surface area contributed by atoms with E-state index in [1.165, 1.54) is 0 Å². The van der Waals surface area contributed by atoms with Crippen LogP contribution in [0.3, 0.4) is 0 Å². The molecule has 3 nitrogen and oxygen atoms in total. The third-order valence-corrected chi connectivity index (χ3v) is 4.01. The van der Waals surface area contributed by atoms with Crippen molar-refractivity contribution in [1.29, 1.82) is 0 Å². The van der Waals surface area contributed by atoms with Crippen molar-refractivity contribution >= 4 is 34.8 Å². The number of halogens is 2. The van der Waals surface area contributed by atoms with Crippen LogP contribution >= 0.6 is 23.2 Å². The number of nitrogens with one attached hydrogen (secondary N) is 1. The quantitative estimate of drug-likeness (QED) is 0.860. The van der Waals surface area contributed by atoms with Gasteiger partial charge in [-0.3, -0.25) is 4.79 Å². The van der Waals surface area contributed by atoms with E-state index in [2.05, 4.69) is 5.32 Å². The highest BCUT2D eigenvalue weighted by molar-refractivity contribution is 6.35. The Bertz CT molecular complexity index is 656. The molecule has 0 heterocycles. The summed E-state index contributed by atoms with van der Waals surface area (Å²) >= 11 is 12.1. The van der Waals surface area contributed by atoms with E-state index < -0.39 is 0 Å². The third kappa shape index (κ3) is 4.73. The molecule has 5 heteroatoms. The monoisotopic (exact) mass is 337 g/mol. The Hall–Kier alpha value is -1.55. The highest BCUT2D eigenvalue weighted by Gasteiger charge is 2.14. The number of rotatable bonds is 5. The number of carbonyl (C=O) groups excluding carboxylic acids is 1. The second kappa shape index (κ2) is 7.63. The van der Waals surface area contributed by atoms with Crippen LogP contribution in [0.1, 0.15) is 24.1 Å². The van der Waals surface area contributed by atoms with E-state index in [0.717, 1.165) is 16.8 Å². The highest BCUT2D eigenvalue weighted by atomic mass is 35.5. The number of amides is 1. The summed E-state index contributed by atoms with van der Waals surface area (Å²) in [5, 5.41) is 6.05. The average molecular weight is 338 g/mol. The van der Waals surface area contributed by atoms with Crippen molar-refractivity contribution in [3.8, 4) is 0 Å². The van der Waals surface area contributed by atoms with Gasteiger partial charge in [-0.2, -0.15) is 0 Å². The summed E-state index contributed by atoms with van der Waals surface area (Å²) < 4.78 is 0. The predicted molar refractivity (Wildman–Crippen MR) is 91.5 cm³/mol. The minimum absolute atomic E-state index is 0.0409. The lowest BCUT2D eigenvalue weighted by Crippen LogP contribution is -2.86. The molecule has 22 heavy (non-hydrogen) atoms. The average Bonchev–Trinajstić information content (AvgIpc) is 2.47. The maximum absolute atomic E-state index is 12.0. The molecule has 0 aliphatic carbocycles. The molecule has 0 fully saturated rings. The molecule has 2 aromatic rings. The van der Waals surface area contributed by atoms with Crippen LogP contribution in [0, 0.1) is 6.92 Å². The van der Waals surface area contributed by atoms with Gasteiger partial charge in [0.25, 0.3) is 5.91 Å². The maximum Gasteiger partial charge on any atom is 0.279 e. The van der Waals surface area contributed by atoms with Gasteiger partial charge < -0.3 is 10.6 Å². The molecule has 2 rings (SSSR count). The summed E-state index contributed by atoms with van der Waals surface area (Å²) in [5.74, 6) is -0.0409. The van der Waals surface area contributed by atoms with Gasteiger partial charge in [-0.15, -0.1) is 0 Å². The van der Waals surface area contributed by atoms with E-state index in [-0.39, 0.29) is 11.9 Å². The maximum atomic E-state index is 12.0. The molecule has 0 saturated heterocycles. The number of anilines is 1. The van der Waals surface area contributed by atoms with Crippen LogP contribution in [0.5, 0.6) is 0 Å². The minimum atomic E-state index is -0.0409. The fourth-order valence-electron chi connectivity index (χ4n) is 2.13. The van der Waals surface area contributed by atoms with Crippen molar-refractivity contribution in [3.05, 3.63) is 63.6 Å². The first-order valence-electron chi connectivity index (χ1n) is 7.10. The summed E-state index contributed by atoms with van der Waals surface area (Å²) in [4.78, 5) is 12.0. The normalized spacial score (nSPS) is 12.0. The van der Waals surface area contributed by atoms with E-state index in [4.69, 9.17) is 23.2 Å². The van der Waals surface area contributed by atoms with Crippen molar-refractivity contribution in [2.24, 2.45) is 0 Å². The Morgan fingerprint density at radius 2 is 1.86 bits per heavy atom. The smallest absolute Gasteiger partial charge is 0.279 e. The Kier molecular flexibility index (Phi) is 5.83. The fourth-order valence-corrected chi connectivity index (χ4v) is 2.71. The summed E-state index contributed by atoms with van der Waals surface area (Å²) in [6.07, 6.45) is 0. The summed E-state index contributed by atoms with van der Waals surface area (Å²) in [5.41, 5.74) is 2.94. The molecular formula is C17H19Cl2N2O+. The second-order valence-corrected chi connectivity index (χ2v) is 6.15. The van der Waals surface area contributed by atoms with Crippen LogP contribution < -0.4 is 10.6 Å². The van der Waals surface area contributed by atoms with Gasteiger partial charge in [0.2, 0.25) is 0 Å². The molecule has 116 valence electrons. The third-order valence-electron chi connectivity index (χ3n) is 3.45. The van der Waals surface area contributed by atoms with Gasteiger partial charge in [-0.05, 0) is 38.1 Å². The number of quaternary nitrogens is 1. The van der Waals surface area contributed by atoms with Gasteiger partial charge >= 0.3 is 0 Å². The van der Waals surface area contributed by atoms with Gasteiger partial charge in [0.05, 0.1) is 5.02 Å². The van der Waals surface area contributed by atoms with Gasteiger partial charge in [0.15, 0.2) is 6.54 Å². The van der Waals surface area contributed by atoms with E-state index in [1.807, 2.05) is 49.5 Å². The Morgan fingerprint density at radius 1 is 1.18 bits per heavy atom. The van der Waals surface area contributed by atoms with Gasteiger partial charge in [-0.25, -0.2) is 0 Å². The van der Waals surface area contributed by atoms with Crippen molar-refractivity contribution in [1.82, 2.24) is 0 Å². The molecule has 0 unspecified atom stereocenters. The van der Waals surface area contributed by atoms with Crippen molar-refractivity contribution in [2.75, 3.05) is 11.9 Å². The predicted octanol–water partition coefficient (Wildman–Crippen LogP) is 3.56. The summed E-state index contributed by atoms with van der Waals surface area (Å²) in [6.45, 7) is 4.35. The van der Waals surface area contributed by atoms with Crippen LogP contribution in [0.25, 0.3) is 0 Å². The Labute approximate surface area is 140 Å². The fraction of sp³-hybridized carbons (Fsp3) is 0.235. The van der Waals surface area contributed by atoms with Crippen LogP contribution in [0.15, 0.2) is 42.5 Å². The van der Waals surface area contributed by atoms with Crippen LogP contribution in [0.4, 0.5) is 5.69 Å². The van der Waals surface area contributed by atoms with Crippen LogP contribution in [0.2, 0.25) is 10.0 Å². The number of hydrogen-bond donors (Lipinski definition) is 2. The van der Waals surface area contributed by atoms with Crippen molar-refractivity contribution < 1.29 is 10.1 Å². The van der Waals surface area contributed by atoms with Gasteiger partial charge in [0, 0.05) is 16.3 Å². The minimum Gasteiger partial charge on any atom is -0.332 e. The molecule has 2 aromatic carbocycles. The molecule has 0 aromatic heterocycles. The number of benzene rings is 2. The van der Waals surface area contributed by atoms with Crippen LogP contribution in [-0.2, 0) is 4.79 Å². The Morgan fingerprint density at radius 3 is 2.50 bits per heavy atom. The number of carbonyl (C=O) groups is 1. The zero-order chi connectivity index (χ0) is 16.1. The SMILES string of the molecule is Cc1ccc(NC(=O)C[NH2+][C@@H](C)c2ccc(Cl)cc2Cl)cc1. The topological polar surface area (TPSA) is 45.7 Å². The number of aryl methyl sites for hydroxylation is 1. The molecular weight excluding hydrogens is 319 g/mol. The first-order valence-corrected chi connectivity index (χ1v) is 7.86. The first kappa shape index (κ1) is 16.8. The lowest BCUT2D eigenvalue weighted by molar-refractivity contribution is -0.682. The number of nitrogens with two attached hydrogens (primary N) is 1. The second-order valence-electron chi connectivity index (χ2n) is 5.31. The summed E-state index contributed by atoms with van der Waals surface area (Å²) in [6, 6.07) is 13.2. The zero-order valence-corrected chi connectivity index (χ0v) is 14.1. The van der Waals surface area contributed by atoms with E-state index in [9.17, 15) is 4.79 Å². The molecule has 1 amide bonds. The van der Waals surface area contributed by atoms with Crippen molar-refractivity contribution in [3.63, 3.8) is 0 Å². The zero-order valence-electron chi connectivity index (χ0n) is 12.6. The summed E-state index contributed by atoms with van der Waals surface area (Å²) in [7, 11) is 0. The Balaban J connectivity index is 1.88. The largest absolute Gasteiger partial charge is 0.332 e. The van der Waals surface area contributed by atoms with Crippen molar-refractivity contribution in [2.45, 2.75) is 19.9 Å². The van der Waals surface area contributed by atoms with Gasteiger partial charge in [0.1, 0.15) is 6.04 Å². The molecule has 0 radical (unpaired) electrons. The molecule has 3 N–H and O–H groups in total. The molecule has 0 saturated carbocycles. The van der Waals surface area contributed by atoms with E-state index >= 15 is 0 Å². The number of hydrogen-bond acceptors (Lipinski definition) is 1. The molecule has 1 atom stereocenters. The molecule has 0 aliphatic heterocycles. The first-order chi connectivity index (χ1) is 10.5. The van der Waals surface area contributed by atoms with Crippen LogP contribution in [-0.4, -0.2) is 12.5 Å². The lowest BCUT2D eigenvalue weighted by Gasteiger charge is -2.13. The molecule has 0 spiro atoms. The van der Waals surface area contributed by atoms with E-state index in [1.54, 1.807) is 12.1 Å². The molecule has 0 bridgehead atoms. The molecule has 0 aliphatic rings. The highest BCUT2D eigenvalue weighted by Crippen LogP contribution is 2.24. The standard InChI is InChI=1S/C17H18Cl2N2O/c1-11-3-6-14(7-4-11)21-17(22)10-20-12(2)15-8-5-13(18)9-16(15)19/h3-9,12,20H,10H2,1-2H3,(H,21,22)/p+1/t12-/m0/s1.